The van der Waals surface area contributed by atoms with Gasteiger partial charge >= 0.3 is 11.9 Å². The number of aliphatic carboxylic acids is 2. The van der Waals surface area contributed by atoms with Crippen LogP contribution >= 0.6 is 0 Å². The van der Waals surface area contributed by atoms with E-state index in [2.05, 4.69) is 0 Å². The normalized spacial score (nSPS) is 10.5. The Bertz CT molecular complexity index is 163. The van der Waals surface area contributed by atoms with Crippen molar-refractivity contribution in [2.24, 2.45) is 0 Å². The smallest absolute Gasteiger partial charge is 0.368 e. The first-order valence-corrected chi connectivity index (χ1v) is 2.65. The third-order valence-electron chi connectivity index (χ3n) is 0.559. The Balaban J connectivity index is 0. The average Bonchev–Trinajstić information content (AvgIpc) is 2.04. The van der Waals surface area contributed by atoms with E-state index in [9.17, 15) is 4.79 Å². The Morgan fingerprint density at radius 2 is 1.67 bits per heavy atom. The SMILES string of the molecule is O=C(O)C(O)CO.O=CC(=O)O. The number of hydrogen-bond acceptors (Lipinski definition) is 5. The van der Waals surface area contributed by atoms with Crippen molar-refractivity contribution < 1.29 is 34.8 Å². The number of carbonyl (C=O) groups excluding carboxylic acids is 1. The summed E-state index contributed by atoms with van der Waals surface area (Å²) in [4.78, 5) is 27.4. The van der Waals surface area contributed by atoms with E-state index in [-0.39, 0.29) is 6.29 Å². The van der Waals surface area contributed by atoms with Gasteiger partial charge in [0.15, 0.2) is 6.10 Å². The number of rotatable bonds is 3. The molecule has 0 fully saturated rings. The Morgan fingerprint density at radius 3 is 1.67 bits per heavy atom. The quantitative estimate of drug-likeness (QED) is 0.283. The summed E-state index contributed by atoms with van der Waals surface area (Å²) in [5.41, 5.74) is 0. The molecule has 0 heterocycles. The van der Waals surface area contributed by atoms with Crippen LogP contribution in [0.5, 0.6) is 0 Å². The second kappa shape index (κ2) is 7.63. The van der Waals surface area contributed by atoms with Crippen LogP contribution < -0.4 is 0 Å². The zero-order valence-corrected chi connectivity index (χ0v) is 5.88. The van der Waals surface area contributed by atoms with Gasteiger partial charge in [0.25, 0.3) is 0 Å². The molecule has 0 bridgehead atoms. The van der Waals surface area contributed by atoms with Crippen LogP contribution in [0.2, 0.25) is 0 Å². The van der Waals surface area contributed by atoms with Gasteiger partial charge < -0.3 is 20.4 Å². The van der Waals surface area contributed by atoms with E-state index in [1.54, 1.807) is 0 Å². The van der Waals surface area contributed by atoms with Gasteiger partial charge in [0, 0.05) is 0 Å². The summed E-state index contributed by atoms with van der Waals surface area (Å²) in [6, 6.07) is 0. The number of carboxylic acids is 2. The van der Waals surface area contributed by atoms with Crippen LogP contribution in [0.15, 0.2) is 0 Å². The first-order valence-electron chi connectivity index (χ1n) is 2.65. The molecule has 70 valence electrons. The molecule has 0 saturated heterocycles. The summed E-state index contributed by atoms with van der Waals surface area (Å²) in [6.45, 7) is -0.727. The molecule has 0 spiro atoms. The minimum absolute atomic E-state index is 0.167. The fourth-order valence-corrected chi connectivity index (χ4v) is 0.0781. The summed E-state index contributed by atoms with van der Waals surface area (Å²) < 4.78 is 0. The lowest BCUT2D eigenvalue weighted by atomic mass is 10.4. The van der Waals surface area contributed by atoms with Crippen molar-refractivity contribution >= 4 is 18.2 Å². The van der Waals surface area contributed by atoms with E-state index < -0.39 is 24.6 Å². The summed E-state index contributed by atoms with van der Waals surface area (Å²) in [7, 11) is 0. The Kier molecular flexibility index (Phi) is 8.36. The first kappa shape index (κ1) is 13.1. The molecule has 0 aliphatic heterocycles. The van der Waals surface area contributed by atoms with Crippen molar-refractivity contribution in [2.45, 2.75) is 6.10 Å². The van der Waals surface area contributed by atoms with Crippen LogP contribution in [0.1, 0.15) is 0 Å². The molecular weight excluding hydrogens is 172 g/mol. The van der Waals surface area contributed by atoms with Crippen LogP contribution in [0, 0.1) is 0 Å². The fraction of sp³-hybridized carbons (Fsp3) is 0.400. The molecule has 4 N–H and O–H groups in total. The topological polar surface area (TPSA) is 132 Å². The fourth-order valence-electron chi connectivity index (χ4n) is 0.0781. The van der Waals surface area contributed by atoms with Gasteiger partial charge in [0.1, 0.15) is 0 Å². The van der Waals surface area contributed by atoms with E-state index in [0.29, 0.717) is 0 Å². The number of carbonyl (C=O) groups is 3. The molecule has 12 heavy (non-hydrogen) atoms. The largest absolute Gasteiger partial charge is 0.479 e. The number of aliphatic hydroxyl groups excluding tert-OH is 2. The lowest BCUT2D eigenvalue weighted by molar-refractivity contribution is -0.148. The van der Waals surface area contributed by atoms with Crippen molar-refractivity contribution in [3.8, 4) is 0 Å². The molecule has 7 nitrogen and oxygen atoms in total. The Morgan fingerprint density at radius 1 is 1.33 bits per heavy atom. The molecule has 0 aromatic rings. The number of hydrogen-bond donors (Lipinski definition) is 4. The van der Waals surface area contributed by atoms with Crippen LogP contribution in [0.25, 0.3) is 0 Å². The Hall–Kier alpha value is -1.47. The van der Waals surface area contributed by atoms with Crippen LogP contribution in [0.3, 0.4) is 0 Å². The second-order valence-corrected chi connectivity index (χ2v) is 1.49. The average molecular weight is 180 g/mol. The highest BCUT2D eigenvalue weighted by atomic mass is 16.4. The van der Waals surface area contributed by atoms with Gasteiger partial charge in [-0.1, -0.05) is 0 Å². The van der Waals surface area contributed by atoms with Gasteiger partial charge in [-0.25, -0.2) is 9.59 Å². The highest BCUT2D eigenvalue weighted by Gasteiger charge is 2.08. The van der Waals surface area contributed by atoms with Crippen LogP contribution in [-0.2, 0) is 14.4 Å². The van der Waals surface area contributed by atoms with E-state index in [1.807, 2.05) is 0 Å². The van der Waals surface area contributed by atoms with Gasteiger partial charge in [-0.2, -0.15) is 0 Å². The summed E-state index contributed by atoms with van der Waals surface area (Å²) in [5.74, 6) is -2.83. The third-order valence-corrected chi connectivity index (χ3v) is 0.559. The zero-order valence-electron chi connectivity index (χ0n) is 5.88. The summed E-state index contributed by atoms with van der Waals surface area (Å²) in [6.07, 6.45) is -1.79. The zero-order chi connectivity index (χ0) is 10.1. The van der Waals surface area contributed by atoms with Crippen molar-refractivity contribution in [2.75, 3.05) is 6.61 Å². The van der Waals surface area contributed by atoms with Gasteiger partial charge in [-0.3, -0.25) is 4.79 Å². The molecule has 1 unspecified atom stereocenters. The highest BCUT2D eigenvalue weighted by Crippen LogP contribution is 1.75. The number of carboxylic acid groups (broad SMARTS) is 2. The molecule has 0 aliphatic rings. The number of aldehydes is 1. The minimum Gasteiger partial charge on any atom is -0.479 e. The van der Waals surface area contributed by atoms with E-state index in [1.165, 1.54) is 0 Å². The lowest BCUT2D eigenvalue weighted by Crippen LogP contribution is -2.22. The van der Waals surface area contributed by atoms with Gasteiger partial charge in [0.2, 0.25) is 6.29 Å². The molecule has 0 amide bonds. The van der Waals surface area contributed by atoms with E-state index in [0.717, 1.165) is 0 Å². The maximum atomic E-state index is 9.52. The summed E-state index contributed by atoms with van der Waals surface area (Å²) >= 11 is 0. The molecule has 0 radical (unpaired) electrons. The molecule has 0 aliphatic carbocycles. The monoisotopic (exact) mass is 180 g/mol. The van der Waals surface area contributed by atoms with Gasteiger partial charge in [-0.15, -0.1) is 0 Å². The maximum absolute atomic E-state index is 9.52. The van der Waals surface area contributed by atoms with Crippen molar-refractivity contribution in [1.82, 2.24) is 0 Å². The van der Waals surface area contributed by atoms with Crippen LogP contribution in [0.4, 0.5) is 0 Å². The number of aliphatic hydroxyl groups is 2. The van der Waals surface area contributed by atoms with E-state index in [4.69, 9.17) is 30.0 Å². The maximum Gasteiger partial charge on any atom is 0.368 e. The predicted molar refractivity (Wildman–Crippen MR) is 34.4 cm³/mol. The highest BCUT2D eigenvalue weighted by molar-refractivity contribution is 6.19. The van der Waals surface area contributed by atoms with Crippen molar-refractivity contribution in [1.29, 1.82) is 0 Å². The molecular formula is C5H8O7. The lowest BCUT2D eigenvalue weighted by Gasteiger charge is -1.95. The van der Waals surface area contributed by atoms with Crippen molar-refractivity contribution in [3.05, 3.63) is 0 Å². The van der Waals surface area contributed by atoms with Crippen molar-refractivity contribution in [3.63, 3.8) is 0 Å². The van der Waals surface area contributed by atoms with Crippen LogP contribution in [-0.4, -0.2) is 51.4 Å². The first-order chi connectivity index (χ1) is 5.45. The molecule has 1 atom stereocenters. The third kappa shape index (κ3) is 11.3. The predicted octanol–water partition coefficient (Wildman–Crippen LogP) is -2.31. The molecule has 0 saturated carbocycles. The molecule has 0 aromatic heterocycles. The Labute approximate surface area is 66.9 Å². The second-order valence-electron chi connectivity index (χ2n) is 1.49. The standard InChI is InChI=1S/C3H6O4.C2H2O3/c4-1-2(5)3(6)7;3-1-2(4)5/h2,4-5H,1H2,(H,6,7);1H,(H,4,5). The van der Waals surface area contributed by atoms with Gasteiger partial charge in [-0.05, 0) is 0 Å². The van der Waals surface area contributed by atoms with Gasteiger partial charge in [0.05, 0.1) is 6.61 Å². The van der Waals surface area contributed by atoms with E-state index >= 15 is 0 Å². The summed E-state index contributed by atoms with van der Waals surface area (Å²) in [5, 5.41) is 31.1. The molecule has 0 aromatic carbocycles. The molecule has 7 heteroatoms. The molecule has 0 rings (SSSR count). The minimum atomic E-state index is -1.63.